The third kappa shape index (κ3) is 4.61. The van der Waals surface area contributed by atoms with Crippen molar-refractivity contribution in [3.8, 4) is 5.75 Å². The highest BCUT2D eigenvalue weighted by Gasteiger charge is 2.05. The number of carbonyl (C=O) groups excluding carboxylic acids is 1. The molecule has 0 spiro atoms. The van der Waals surface area contributed by atoms with Crippen LogP contribution in [0, 0.1) is 6.92 Å². The Hall–Kier alpha value is -2.33. The number of benzene rings is 2. The zero-order valence-corrected chi connectivity index (χ0v) is 12.3. The van der Waals surface area contributed by atoms with Gasteiger partial charge in [-0.2, -0.15) is 0 Å². The standard InChI is InChI=1S/C17H20N2O2/c1-13-5-3-4-6-16(13)19-17(20)12-21-15-9-7-14(8-10-15)11-18-2/h3-10,18H,11-12H2,1-2H3,(H,19,20). The fourth-order valence-corrected chi connectivity index (χ4v) is 1.96. The van der Waals surface area contributed by atoms with Gasteiger partial charge in [0.1, 0.15) is 5.75 Å². The number of hydrogen-bond acceptors (Lipinski definition) is 3. The molecule has 0 aliphatic heterocycles. The largest absolute Gasteiger partial charge is 0.484 e. The average Bonchev–Trinajstić information content (AvgIpc) is 2.49. The summed E-state index contributed by atoms with van der Waals surface area (Å²) in [4.78, 5) is 11.9. The molecule has 0 saturated carbocycles. The third-order valence-electron chi connectivity index (χ3n) is 3.09. The number of rotatable bonds is 6. The lowest BCUT2D eigenvalue weighted by Crippen LogP contribution is -2.20. The lowest BCUT2D eigenvalue weighted by Gasteiger charge is -2.09. The molecular formula is C17H20N2O2. The van der Waals surface area contributed by atoms with Crippen LogP contribution in [0.2, 0.25) is 0 Å². The van der Waals surface area contributed by atoms with Gasteiger partial charge in [0.15, 0.2) is 6.61 Å². The molecule has 110 valence electrons. The van der Waals surface area contributed by atoms with Crippen molar-refractivity contribution in [1.29, 1.82) is 0 Å². The van der Waals surface area contributed by atoms with E-state index in [0.29, 0.717) is 5.75 Å². The van der Waals surface area contributed by atoms with E-state index in [0.717, 1.165) is 17.8 Å². The van der Waals surface area contributed by atoms with Crippen LogP contribution in [0.15, 0.2) is 48.5 Å². The summed E-state index contributed by atoms with van der Waals surface area (Å²) < 4.78 is 5.48. The molecule has 2 aromatic carbocycles. The molecule has 0 unspecified atom stereocenters. The first-order valence-corrected chi connectivity index (χ1v) is 6.91. The normalized spacial score (nSPS) is 10.2. The lowest BCUT2D eigenvalue weighted by atomic mass is 10.2. The molecule has 0 bridgehead atoms. The van der Waals surface area contributed by atoms with E-state index < -0.39 is 0 Å². The minimum atomic E-state index is -0.163. The van der Waals surface area contributed by atoms with E-state index in [2.05, 4.69) is 10.6 Å². The zero-order valence-electron chi connectivity index (χ0n) is 12.3. The molecule has 4 heteroatoms. The highest BCUT2D eigenvalue weighted by Crippen LogP contribution is 2.14. The van der Waals surface area contributed by atoms with Gasteiger partial charge in [-0.1, -0.05) is 30.3 Å². The maximum absolute atomic E-state index is 11.9. The van der Waals surface area contributed by atoms with Gasteiger partial charge < -0.3 is 15.4 Å². The fourth-order valence-electron chi connectivity index (χ4n) is 1.96. The molecule has 2 N–H and O–H groups in total. The van der Waals surface area contributed by atoms with Crippen molar-refractivity contribution >= 4 is 11.6 Å². The molecule has 0 atom stereocenters. The van der Waals surface area contributed by atoms with Crippen LogP contribution in [-0.4, -0.2) is 19.6 Å². The van der Waals surface area contributed by atoms with Gasteiger partial charge in [0.05, 0.1) is 0 Å². The van der Waals surface area contributed by atoms with Gasteiger partial charge >= 0.3 is 0 Å². The highest BCUT2D eigenvalue weighted by atomic mass is 16.5. The second-order valence-corrected chi connectivity index (χ2v) is 4.83. The molecule has 0 aliphatic carbocycles. The van der Waals surface area contributed by atoms with Gasteiger partial charge in [0.25, 0.3) is 5.91 Å². The lowest BCUT2D eigenvalue weighted by molar-refractivity contribution is -0.118. The zero-order chi connectivity index (χ0) is 15.1. The quantitative estimate of drug-likeness (QED) is 0.857. The second-order valence-electron chi connectivity index (χ2n) is 4.83. The molecular weight excluding hydrogens is 264 g/mol. The van der Waals surface area contributed by atoms with Gasteiger partial charge in [0.2, 0.25) is 0 Å². The molecule has 21 heavy (non-hydrogen) atoms. The molecule has 1 amide bonds. The third-order valence-corrected chi connectivity index (χ3v) is 3.09. The van der Waals surface area contributed by atoms with Crippen molar-refractivity contribution in [2.75, 3.05) is 19.0 Å². The van der Waals surface area contributed by atoms with Gasteiger partial charge in [-0.3, -0.25) is 4.79 Å². The van der Waals surface area contributed by atoms with Crippen LogP contribution in [0.25, 0.3) is 0 Å². The number of amides is 1. The highest BCUT2D eigenvalue weighted by molar-refractivity contribution is 5.92. The maximum Gasteiger partial charge on any atom is 0.262 e. The molecule has 0 radical (unpaired) electrons. The molecule has 0 fully saturated rings. The van der Waals surface area contributed by atoms with Crippen molar-refractivity contribution in [3.05, 3.63) is 59.7 Å². The minimum absolute atomic E-state index is 0.000289. The fraction of sp³-hybridized carbons (Fsp3) is 0.235. The van der Waals surface area contributed by atoms with E-state index in [1.54, 1.807) is 0 Å². The Kier molecular flexibility index (Phi) is 5.35. The molecule has 0 saturated heterocycles. The van der Waals surface area contributed by atoms with Gasteiger partial charge in [-0.05, 0) is 43.3 Å². The Bertz CT molecular complexity index is 594. The summed E-state index contributed by atoms with van der Waals surface area (Å²) in [6, 6.07) is 15.4. The first kappa shape index (κ1) is 15.1. The Balaban J connectivity index is 1.85. The Morgan fingerprint density at radius 1 is 1.10 bits per heavy atom. The van der Waals surface area contributed by atoms with Crippen molar-refractivity contribution in [2.45, 2.75) is 13.5 Å². The second kappa shape index (κ2) is 7.45. The van der Waals surface area contributed by atoms with E-state index >= 15 is 0 Å². The van der Waals surface area contributed by atoms with Gasteiger partial charge in [-0.15, -0.1) is 0 Å². The number of para-hydroxylation sites is 1. The molecule has 2 aromatic rings. The van der Waals surface area contributed by atoms with Gasteiger partial charge in [-0.25, -0.2) is 0 Å². The van der Waals surface area contributed by atoms with E-state index in [9.17, 15) is 4.79 Å². The van der Waals surface area contributed by atoms with Crippen LogP contribution in [0.1, 0.15) is 11.1 Å². The maximum atomic E-state index is 11.9. The first-order valence-electron chi connectivity index (χ1n) is 6.91. The summed E-state index contributed by atoms with van der Waals surface area (Å²) in [7, 11) is 1.90. The Morgan fingerprint density at radius 3 is 2.48 bits per heavy atom. The molecule has 2 rings (SSSR count). The summed E-state index contributed by atoms with van der Waals surface area (Å²) in [6.45, 7) is 2.77. The molecule has 0 aromatic heterocycles. The van der Waals surface area contributed by atoms with Gasteiger partial charge in [0, 0.05) is 12.2 Å². The van der Waals surface area contributed by atoms with Crippen molar-refractivity contribution in [3.63, 3.8) is 0 Å². The number of anilines is 1. The summed E-state index contributed by atoms with van der Waals surface area (Å²) in [5, 5.41) is 5.92. The van der Waals surface area contributed by atoms with Crippen molar-refractivity contribution in [2.24, 2.45) is 0 Å². The van der Waals surface area contributed by atoms with Crippen molar-refractivity contribution in [1.82, 2.24) is 5.32 Å². The van der Waals surface area contributed by atoms with E-state index in [1.807, 2.05) is 62.5 Å². The summed E-state index contributed by atoms with van der Waals surface area (Å²) in [6.07, 6.45) is 0. The predicted octanol–water partition coefficient (Wildman–Crippen LogP) is 2.73. The SMILES string of the molecule is CNCc1ccc(OCC(=O)Nc2ccccc2C)cc1. The van der Waals surface area contributed by atoms with Crippen LogP contribution in [0.3, 0.4) is 0 Å². The average molecular weight is 284 g/mol. The first-order chi connectivity index (χ1) is 10.2. The minimum Gasteiger partial charge on any atom is -0.484 e. The topological polar surface area (TPSA) is 50.4 Å². The van der Waals surface area contributed by atoms with Crippen molar-refractivity contribution < 1.29 is 9.53 Å². The number of aryl methyl sites for hydroxylation is 1. The molecule has 0 heterocycles. The van der Waals surface area contributed by atoms with Crippen LogP contribution < -0.4 is 15.4 Å². The van der Waals surface area contributed by atoms with E-state index in [-0.39, 0.29) is 12.5 Å². The predicted molar refractivity (Wildman–Crippen MR) is 84.5 cm³/mol. The number of nitrogens with one attached hydrogen (secondary N) is 2. The van der Waals surface area contributed by atoms with Crippen LogP contribution in [0.4, 0.5) is 5.69 Å². The number of carbonyl (C=O) groups is 1. The Morgan fingerprint density at radius 2 is 1.81 bits per heavy atom. The number of hydrogen-bond donors (Lipinski definition) is 2. The summed E-state index contributed by atoms with van der Waals surface area (Å²) in [5.74, 6) is 0.526. The Labute approximate surface area is 125 Å². The number of ether oxygens (including phenoxy) is 1. The monoisotopic (exact) mass is 284 g/mol. The molecule has 0 aliphatic rings. The smallest absolute Gasteiger partial charge is 0.262 e. The van der Waals surface area contributed by atoms with Crippen LogP contribution in [-0.2, 0) is 11.3 Å². The van der Waals surface area contributed by atoms with Crippen LogP contribution >= 0.6 is 0 Å². The summed E-state index contributed by atoms with van der Waals surface area (Å²) in [5.41, 5.74) is 3.02. The van der Waals surface area contributed by atoms with E-state index in [1.165, 1.54) is 5.56 Å². The molecule has 4 nitrogen and oxygen atoms in total. The van der Waals surface area contributed by atoms with E-state index in [4.69, 9.17) is 4.74 Å². The summed E-state index contributed by atoms with van der Waals surface area (Å²) >= 11 is 0. The van der Waals surface area contributed by atoms with Crippen LogP contribution in [0.5, 0.6) is 5.75 Å².